The largest absolute Gasteiger partial charge is 0.493 e. The van der Waals surface area contributed by atoms with Gasteiger partial charge in [-0.1, -0.05) is 12.8 Å². The number of rotatable bonds is 8. The first-order chi connectivity index (χ1) is 13.0. The van der Waals surface area contributed by atoms with E-state index in [1.54, 1.807) is 25.1 Å². The van der Waals surface area contributed by atoms with E-state index >= 15 is 0 Å². The third-order valence-corrected chi connectivity index (χ3v) is 4.46. The van der Waals surface area contributed by atoms with E-state index in [9.17, 15) is 9.59 Å². The highest BCUT2D eigenvalue weighted by Crippen LogP contribution is 2.38. The van der Waals surface area contributed by atoms with Crippen molar-refractivity contribution in [3.05, 3.63) is 23.8 Å². The van der Waals surface area contributed by atoms with Crippen molar-refractivity contribution in [3.8, 4) is 17.2 Å². The molecule has 1 atom stereocenters. The number of esters is 1. The van der Waals surface area contributed by atoms with Gasteiger partial charge in [0, 0.05) is 12.1 Å². The standard InChI is InChI=1S/C20H27NO6/c1-13(20(23)21-15-7-5-6-8-15)27-18(22)10-9-14-11-16(24-2)19(26-4)17(12-14)25-3/h9-13,15H,5-8H2,1-4H3,(H,21,23)/b10-9+/t13-/m0/s1. The van der Waals surface area contributed by atoms with Crippen LogP contribution in [0.3, 0.4) is 0 Å². The van der Waals surface area contributed by atoms with Gasteiger partial charge in [-0.2, -0.15) is 0 Å². The van der Waals surface area contributed by atoms with Crippen molar-refractivity contribution < 1.29 is 28.5 Å². The first-order valence-corrected chi connectivity index (χ1v) is 8.97. The third kappa shape index (κ3) is 5.64. The second kappa shape index (κ2) is 9.85. The maximum Gasteiger partial charge on any atom is 0.331 e. The predicted octanol–water partition coefficient (Wildman–Crippen LogP) is 2.72. The van der Waals surface area contributed by atoms with E-state index in [-0.39, 0.29) is 11.9 Å². The average molecular weight is 377 g/mol. The van der Waals surface area contributed by atoms with Gasteiger partial charge in [-0.15, -0.1) is 0 Å². The zero-order valence-corrected chi connectivity index (χ0v) is 16.2. The molecule has 148 valence electrons. The Bertz CT molecular complexity index is 669. The summed E-state index contributed by atoms with van der Waals surface area (Å²) in [7, 11) is 4.55. The van der Waals surface area contributed by atoms with E-state index in [1.165, 1.54) is 27.4 Å². The van der Waals surface area contributed by atoms with Gasteiger partial charge in [0.2, 0.25) is 5.75 Å². The summed E-state index contributed by atoms with van der Waals surface area (Å²) in [6.45, 7) is 1.56. The lowest BCUT2D eigenvalue weighted by Crippen LogP contribution is -2.40. The highest BCUT2D eigenvalue weighted by molar-refractivity contribution is 5.90. The molecule has 0 heterocycles. The van der Waals surface area contributed by atoms with Crippen LogP contribution >= 0.6 is 0 Å². The minimum Gasteiger partial charge on any atom is -0.493 e. The fourth-order valence-corrected chi connectivity index (χ4v) is 3.02. The van der Waals surface area contributed by atoms with Crippen LogP contribution in [0.25, 0.3) is 6.08 Å². The number of carbonyl (C=O) groups is 2. The molecule has 1 saturated carbocycles. The van der Waals surface area contributed by atoms with Crippen LogP contribution in [-0.2, 0) is 14.3 Å². The quantitative estimate of drug-likeness (QED) is 0.554. The highest BCUT2D eigenvalue weighted by atomic mass is 16.5. The normalized spacial score (nSPS) is 15.4. The first kappa shape index (κ1) is 20.6. The Labute approximate surface area is 159 Å². The fourth-order valence-electron chi connectivity index (χ4n) is 3.02. The number of hydrogen-bond donors (Lipinski definition) is 1. The second-order valence-corrected chi connectivity index (χ2v) is 6.36. The van der Waals surface area contributed by atoms with Gasteiger partial charge in [0.25, 0.3) is 5.91 Å². The Hall–Kier alpha value is -2.70. The van der Waals surface area contributed by atoms with Crippen LogP contribution in [0.2, 0.25) is 0 Å². The fraction of sp³-hybridized carbons (Fsp3) is 0.500. The van der Waals surface area contributed by atoms with Gasteiger partial charge >= 0.3 is 5.97 Å². The van der Waals surface area contributed by atoms with Crippen LogP contribution in [0.4, 0.5) is 0 Å². The highest BCUT2D eigenvalue weighted by Gasteiger charge is 2.22. The number of hydrogen-bond acceptors (Lipinski definition) is 6. The van der Waals surface area contributed by atoms with Crippen molar-refractivity contribution in [1.29, 1.82) is 0 Å². The zero-order valence-electron chi connectivity index (χ0n) is 16.2. The molecule has 0 aromatic heterocycles. The van der Waals surface area contributed by atoms with Crippen molar-refractivity contribution in [2.75, 3.05) is 21.3 Å². The SMILES string of the molecule is COc1cc(/C=C/C(=O)O[C@@H](C)C(=O)NC2CCCC2)cc(OC)c1OC. The molecule has 1 N–H and O–H groups in total. The van der Waals surface area contributed by atoms with E-state index in [1.807, 2.05) is 0 Å². The van der Waals surface area contributed by atoms with Crippen molar-refractivity contribution in [3.63, 3.8) is 0 Å². The number of nitrogens with one attached hydrogen (secondary N) is 1. The van der Waals surface area contributed by atoms with Gasteiger partial charge in [-0.3, -0.25) is 4.79 Å². The summed E-state index contributed by atoms with van der Waals surface area (Å²) >= 11 is 0. The van der Waals surface area contributed by atoms with Gasteiger partial charge in [-0.05, 0) is 43.5 Å². The maximum absolute atomic E-state index is 12.1. The van der Waals surface area contributed by atoms with Crippen molar-refractivity contribution in [1.82, 2.24) is 5.32 Å². The summed E-state index contributed by atoms with van der Waals surface area (Å²) in [6.07, 6.45) is 6.19. The van der Waals surface area contributed by atoms with Gasteiger partial charge in [0.05, 0.1) is 21.3 Å². The molecule has 1 aromatic rings. The Morgan fingerprint density at radius 2 is 1.67 bits per heavy atom. The molecule has 1 amide bonds. The molecule has 0 radical (unpaired) electrons. The summed E-state index contributed by atoms with van der Waals surface area (Å²) in [5.41, 5.74) is 0.671. The maximum atomic E-state index is 12.1. The van der Waals surface area contributed by atoms with Crippen LogP contribution in [0.1, 0.15) is 38.2 Å². The van der Waals surface area contributed by atoms with E-state index in [4.69, 9.17) is 18.9 Å². The molecule has 0 unspecified atom stereocenters. The molecule has 1 aliphatic carbocycles. The first-order valence-electron chi connectivity index (χ1n) is 8.97. The van der Waals surface area contributed by atoms with Crippen LogP contribution in [0.5, 0.6) is 17.2 Å². The van der Waals surface area contributed by atoms with Crippen LogP contribution in [0.15, 0.2) is 18.2 Å². The lowest BCUT2D eigenvalue weighted by Gasteiger charge is -2.16. The predicted molar refractivity (Wildman–Crippen MR) is 101 cm³/mol. The zero-order chi connectivity index (χ0) is 19.8. The molecule has 0 saturated heterocycles. The minimum atomic E-state index is -0.845. The Kier molecular flexibility index (Phi) is 7.52. The molecule has 0 aliphatic heterocycles. The Balaban J connectivity index is 1.98. The molecule has 27 heavy (non-hydrogen) atoms. The molecule has 1 aromatic carbocycles. The Morgan fingerprint density at radius 1 is 1.07 bits per heavy atom. The molecule has 1 aliphatic rings. The number of benzene rings is 1. The second-order valence-electron chi connectivity index (χ2n) is 6.36. The summed E-state index contributed by atoms with van der Waals surface area (Å²) in [5, 5.41) is 2.91. The molecular formula is C20H27NO6. The number of ether oxygens (including phenoxy) is 4. The van der Waals surface area contributed by atoms with E-state index in [2.05, 4.69) is 5.32 Å². The smallest absolute Gasteiger partial charge is 0.331 e. The molecule has 7 nitrogen and oxygen atoms in total. The van der Waals surface area contributed by atoms with Gasteiger partial charge in [0.1, 0.15) is 0 Å². The molecular weight excluding hydrogens is 350 g/mol. The van der Waals surface area contributed by atoms with E-state index in [0.29, 0.717) is 22.8 Å². The molecule has 1 fully saturated rings. The van der Waals surface area contributed by atoms with E-state index in [0.717, 1.165) is 25.7 Å². The van der Waals surface area contributed by atoms with Crippen molar-refractivity contribution >= 4 is 18.0 Å². The van der Waals surface area contributed by atoms with Gasteiger partial charge in [-0.25, -0.2) is 4.79 Å². The summed E-state index contributed by atoms with van der Waals surface area (Å²) in [4.78, 5) is 24.1. The lowest BCUT2D eigenvalue weighted by atomic mass is 10.1. The summed E-state index contributed by atoms with van der Waals surface area (Å²) in [5.74, 6) is 0.564. The molecule has 0 spiro atoms. The topological polar surface area (TPSA) is 83.1 Å². The number of carbonyl (C=O) groups excluding carboxylic acids is 2. The average Bonchev–Trinajstić information content (AvgIpc) is 3.18. The van der Waals surface area contributed by atoms with Crippen LogP contribution < -0.4 is 19.5 Å². The molecule has 0 bridgehead atoms. The number of amides is 1. The Morgan fingerprint density at radius 3 is 2.19 bits per heavy atom. The van der Waals surface area contributed by atoms with Crippen LogP contribution in [0, 0.1) is 0 Å². The molecule has 7 heteroatoms. The minimum absolute atomic E-state index is 0.188. The monoisotopic (exact) mass is 377 g/mol. The van der Waals surface area contributed by atoms with Gasteiger partial charge < -0.3 is 24.3 Å². The summed E-state index contributed by atoms with van der Waals surface area (Å²) < 4.78 is 21.0. The summed E-state index contributed by atoms with van der Waals surface area (Å²) in [6, 6.07) is 3.61. The van der Waals surface area contributed by atoms with Crippen molar-refractivity contribution in [2.24, 2.45) is 0 Å². The third-order valence-electron chi connectivity index (χ3n) is 4.46. The van der Waals surface area contributed by atoms with Crippen LogP contribution in [-0.4, -0.2) is 45.4 Å². The van der Waals surface area contributed by atoms with E-state index < -0.39 is 12.1 Å². The number of methoxy groups -OCH3 is 3. The van der Waals surface area contributed by atoms with Gasteiger partial charge in [0.15, 0.2) is 17.6 Å². The van der Waals surface area contributed by atoms with Crippen molar-refractivity contribution in [2.45, 2.75) is 44.8 Å². The lowest BCUT2D eigenvalue weighted by molar-refractivity contribution is -0.150. The molecule has 2 rings (SSSR count).